The number of aryl methyl sites for hydroxylation is 1. The number of carbonyl (C=O) groups excluding carboxylic acids is 3. The number of hydrogen-bond donors (Lipinski definition) is 3. The number of aromatic nitrogens is 1. The Bertz CT molecular complexity index is 1550. The Hall–Kier alpha value is -4.10. The van der Waals surface area contributed by atoms with E-state index in [1.54, 1.807) is 37.3 Å². The van der Waals surface area contributed by atoms with Crippen LogP contribution in [0.4, 0.5) is 5.69 Å². The number of carboxylic acids is 1. The minimum atomic E-state index is -1.29. The zero-order chi connectivity index (χ0) is 28.6. The number of amides is 3. The number of carboxylic acid groups (broad SMARTS) is 1. The number of carbonyl (C=O) groups is 4. The molecule has 1 saturated heterocycles. The van der Waals surface area contributed by atoms with Crippen molar-refractivity contribution in [2.45, 2.75) is 30.0 Å². The standard InChI is InChI=1S/C27H25N3O8S2/c1-3-37-17-10-14(6-9-16(17)38-12-18(31)28-15-7-4-13(2)5-8-15)20-21-23(39-24-22(20)40-27(36)29-24)26(35)30(25(21)34)11-19(32)33/h4-10,20-21,23H,3,11-12H2,1-2H3,(H,28,31)(H,29,36)(H,32,33)/t20-,21+,23-/m0/s1. The Labute approximate surface area is 236 Å². The molecule has 3 atom stereocenters. The van der Waals surface area contributed by atoms with Crippen LogP contribution in [0.3, 0.4) is 0 Å². The van der Waals surface area contributed by atoms with E-state index >= 15 is 0 Å². The van der Waals surface area contributed by atoms with Crippen LogP contribution in [0.2, 0.25) is 0 Å². The minimum Gasteiger partial charge on any atom is -0.490 e. The summed E-state index contributed by atoms with van der Waals surface area (Å²) in [5.74, 6) is -3.84. The van der Waals surface area contributed by atoms with Crippen molar-refractivity contribution in [2.24, 2.45) is 5.92 Å². The summed E-state index contributed by atoms with van der Waals surface area (Å²) in [7, 11) is 0. The predicted octanol–water partition coefficient (Wildman–Crippen LogP) is 2.84. The van der Waals surface area contributed by atoms with Crippen LogP contribution in [0.5, 0.6) is 11.5 Å². The lowest BCUT2D eigenvalue weighted by Crippen LogP contribution is -2.36. The maximum absolute atomic E-state index is 13.4. The van der Waals surface area contributed by atoms with E-state index in [-0.39, 0.29) is 24.0 Å². The fourth-order valence-electron chi connectivity index (χ4n) is 4.81. The zero-order valence-electron chi connectivity index (χ0n) is 21.5. The predicted molar refractivity (Wildman–Crippen MR) is 147 cm³/mol. The van der Waals surface area contributed by atoms with Crippen molar-refractivity contribution >= 4 is 52.5 Å². The van der Waals surface area contributed by atoms with Crippen molar-refractivity contribution in [1.82, 2.24) is 9.88 Å². The van der Waals surface area contributed by atoms with E-state index in [1.807, 2.05) is 19.1 Å². The molecule has 11 nitrogen and oxygen atoms in total. The monoisotopic (exact) mass is 583 g/mol. The highest BCUT2D eigenvalue weighted by molar-refractivity contribution is 8.00. The molecule has 3 amide bonds. The number of imide groups is 1. The number of anilines is 1. The fraction of sp³-hybridized carbons (Fsp3) is 0.296. The SMILES string of the molecule is CCOc1cc([C@@H]2c3sc(=O)[nH]c3S[C@@H]3C(=O)N(CC(=O)O)C(=O)[C@H]23)ccc1OCC(=O)Nc1ccc(C)cc1. The molecule has 2 aromatic carbocycles. The highest BCUT2D eigenvalue weighted by atomic mass is 32.2. The molecule has 2 aliphatic rings. The maximum atomic E-state index is 13.4. The smallest absolute Gasteiger partial charge is 0.323 e. The van der Waals surface area contributed by atoms with Crippen LogP contribution in [0.1, 0.15) is 28.8 Å². The molecular formula is C27H25N3O8S2. The van der Waals surface area contributed by atoms with Crippen molar-refractivity contribution in [3.05, 3.63) is 68.1 Å². The molecule has 3 heterocycles. The van der Waals surface area contributed by atoms with Crippen LogP contribution in [-0.2, 0) is 19.2 Å². The first-order valence-electron chi connectivity index (χ1n) is 12.4. The van der Waals surface area contributed by atoms with Gasteiger partial charge in [-0.1, -0.05) is 46.9 Å². The number of aliphatic carboxylic acids is 1. The number of hydrogen-bond acceptors (Lipinski definition) is 9. The van der Waals surface area contributed by atoms with Crippen LogP contribution >= 0.6 is 23.1 Å². The van der Waals surface area contributed by atoms with Crippen LogP contribution in [0.15, 0.2) is 52.3 Å². The first kappa shape index (κ1) is 27.5. The van der Waals surface area contributed by atoms with Crippen LogP contribution in [0, 0.1) is 12.8 Å². The summed E-state index contributed by atoms with van der Waals surface area (Å²) >= 11 is 2.01. The van der Waals surface area contributed by atoms with Gasteiger partial charge in [0.2, 0.25) is 11.8 Å². The van der Waals surface area contributed by atoms with Gasteiger partial charge in [-0.2, -0.15) is 0 Å². The summed E-state index contributed by atoms with van der Waals surface area (Å²) in [5, 5.41) is 11.6. The van der Waals surface area contributed by atoms with E-state index < -0.39 is 41.4 Å². The number of ether oxygens (including phenoxy) is 2. The Kier molecular flexibility index (Phi) is 7.68. The third-order valence-corrected chi connectivity index (χ3v) is 8.93. The Balaban J connectivity index is 1.43. The molecule has 3 aromatic rings. The first-order valence-corrected chi connectivity index (χ1v) is 14.1. The molecule has 1 fully saturated rings. The van der Waals surface area contributed by atoms with Gasteiger partial charge in [0.15, 0.2) is 18.1 Å². The lowest BCUT2D eigenvalue weighted by Gasteiger charge is -2.30. The zero-order valence-corrected chi connectivity index (χ0v) is 23.1. The van der Waals surface area contributed by atoms with Crippen molar-refractivity contribution in [1.29, 1.82) is 0 Å². The summed E-state index contributed by atoms with van der Waals surface area (Å²) in [5.41, 5.74) is 2.29. The second-order valence-electron chi connectivity index (χ2n) is 9.25. The average molecular weight is 584 g/mol. The van der Waals surface area contributed by atoms with Crippen molar-refractivity contribution in [3.8, 4) is 11.5 Å². The highest BCUT2D eigenvalue weighted by Gasteiger charge is 2.56. The molecule has 3 N–H and O–H groups in total. The summed E-state index contributed by atoms with van der Waals surface area (Å²) < 4.78 is 11.6. The molecule has 2 aliphatic heterocycles. The number of benzene rings is 2. The first-order chi connectivity index (χ1) is 19.2. The largest absolute Gasteiger partial charge is 0.490 e. The molecule has 0 spiro atoms. The van der Waals surface area contributed by atoms with Gasteiger partial charge in [-0.15, -0.1) is 0 Å². The second-order valence-corrected chi connectivity index (χ2v) is 11.4. The molecule has 1 aromatic heterocycles. The normalized spacial score (nSPS) is 19.6. The molecule has 0 unspecified atom stereocenters. The molecule has 208 valence electrons. The number of thioether (sulfide) groups is 1. The lowest BCUT2D eigenvalue weighted by atomic mass is 9.83. The van der Waals surface area contributed by atoms with Gasteiger partial charge in [0.25, 0.3) is 5.91 Å². The molecule has 0 aliphatic carbocycles. The van der Waals surface area contributed by atoms with Gasteiger partial charge in [0.05, 0.1) is 17.6 Å². The number of nitrogens with zero attached hydrogens (tertiary/aromatic N) is 1. The van der Waals surface area contributed by atoms with Gasteiger partial charge in [-0.25, -0.2) is 0 Å². The second kappa shape index (κ2) is 11.2. The van der Waals surface area contributed by atoms with Gasteiger partial charge in [0.1, 0.15) is 11.8 Å². The lowest BCUT2D eigenvalue weighted by molar-refractivity contribution is -0.149. The van der Waals surface area contributed by atoms with E-state index in [9.17, 15) is 29.1 Å². The third kappa shape index (κ3) is 5.34. The summed E-state index contributed by atoms with van der Waals surface area (Å²) in [6.07, 6.45) is 0. The molecule has 13 heteroatoms. The number of thiazole rings is 1. The summed E-state index contributed by atoms with van der Waals surface area (Å²) in [6, 6.07) is 12.3. The Morgan fingerprint density at radius 2 is 1.80 bits per heavy atom. The molecule has 5 rings (SSSR count). The number of H-pyrrole nitrogens is 1. The maximum Gasteiger partial charge on any atom is 0.323 e. The summed E-state index contributed by atoms with van der Waals surface area (Å²) in [4.78, 5) is 66.2. The van der Waals surface area contributed by atoms with Gasteiger partial charge < -0.3 is 24.9 Å². The Morgan fingerprint density at radius 1 is 1.05 bits per heavy atom. The van der Waals surface area contributed by atoms with Gasteiger partial charge in [-0.3, -0.25) is 28.9 Å². The van der Waals surface area contributed by atoms with Gasteiger partial charge >= 0.3 is 10.8 Å². The fourth-order valence-corrected chi connectivity index (χ4v) is 7.34. The topological polar surface area (TPSA) is 155 Å². The van der Waals surface area contributed by atoms with E-state index in [0.29, 0.717) is 32.7 Å². The molecule has 0 saturated carbocycles. The van der Waals surface area contributed by atoms with Crippen molar-refractivity contribution < 1.29 is 33.8 Å². The molecule has 40 heavy (non-hydrogen) atoms. The molecule has 0 radical (unpaired) electrons. The van der Waals surface area contributed by atoms with Crippen LogP contribution < -0.4 is 19.7 Å². The van der Waals surface area contributed by atoms with E-state index in [1.165, 1.54) is 0 Å². The van der Waals surface area contributed by atoms with Crippen LogP contribution in [-0.4, -0.2) is 63.7 Å². The van der Waals surface area contributed by atoms with Crippen molar-refractivity contribution in [2.75, 3.05) is 25.1 Å². The quantitative estimate of drug-likeness (QED) is 0.323. The number of nitrogens with one attached hydrogen (secondary N) is 2. The van der Waals surface area contributed by atoms with E-state index in [2.05, 4.69) is 10.3 Å². The molecular weight excluding hydrogens is 558 g/mol. The Morgan fingerprint density at radius 3 is 2.50 bits per heavy atom. The van der Waals surface area contributed by atoms with Gasteiger partial charge in [0, 0.05) is 16.5 Å². The minimum absolute atomic E-state index is 0.279. The number of fused-ring (bicyclic) bond motifs is 2. The number of aromatic amines is 1. The molecule has 0 bridgehead atoms. The highest BCUT2D eigenvalue weighted by Crippen LogP contribution is 2.53. The summed E-state index contributed by atoms with van der Waals surface area (Å²) in [6.45, 7) is 3.01. The van der Waals surface area contributed by atoms with Gasteiger partial charge in [-0.05, 0) is 43.7 Å². The van der Waals surface area contributed by atoms with Crippen molar-refractivity contribution in [3.63, 3.8) is 0 Å². The van der Waals surface area contributed by atoms with Crippen LogP contribution in [0.25, 0.3) is 0 Å². The number of likely N-dealkylation sites (tertiary alicyclic amines) is 1. The number of rotatable bonds is 9. The van der Waals surface area contributed by atoms with E-state index in [0.717, 1.165) is 33.6 Å². The van der Waals surface area contributed by atoms with E-state index in [4.69, 9.17) is 9.47 Å². The average Bonchev–Trinajstić information content (AvgIpc) is 3.39. The third-order valence-electron chi connectivity index (χ3n) is 6.53.